The van der Waals surface area contributed by atoms with Gasteiger partial charge in [0.2, 0.25) is 0 Å². The molecule has 8 heteroatoms. The summed E-state index contributed by atoms with van der Waals surface area (Å²) in [4.78, 5) is 5.70. The first kappa shape index (κ1) is 22.8. The Balaban J connectivity index is 1.01. The predicted octanol–water partition coefficient (Wildman–Crippen LogP) is 4.17. The van der Waals surface area contributed by atoms with Gasteiger partial charge in [0, 0.05) is 56.0 Å². The maximum absolute atomic E-state index is 12.4. The SMILES string of the molecule is O=S1N=C(N2CCN(CC3CCCCC3Cn3c(O)c4c(c3O)[C@H]3CC[C@@H]4C3)CC2)c2ccccc21. The van der Waals surface area contributed by atoms with Gasteiger partial charge in [0.05, 0.1) is 4.90 Å². The second-order valence-corrected chi connectivity index (χ2v) is 12.7. The van der Waals surface area contributed by atoms with E-state index < -0.39 is 11.0 Å². The van der Waals surface area contributed by atoms with E-state index in [4.69, 9.17) is 0 Å². The first-order valence-electron chi connectivity index (χ1n) is 13.8. The van der Waals surface area contributed by atoms with Crippen molar-refractivity contribution in [2.75, 3.05) is 32.7 Å². The lowest BCUT2D eigenvalue weighted by atomic mass is 9.78. The lowest BCUT2D eigenvalue weighted by Crippen LogP contribution is -2.50. The molecule has 1 aromatic carbocycles. The Hall–Kier alpha value is -2.32. The topological polar surface area (TPSA) is 81.3 Å². The summed E-state index contributed by atoms with van der Waals surface area (Å²) in [6.07, 6.45) is 8.31. The van der Waals surface area contributed by atoms with Gasteiger partial charge in [0.25, 0.3) is 0 Å². The van der Waals surface area contributed by atoms with E-state index in [1.54, 1.807) is 0 Å². The van der Waals surface area contributed by atoms with Crippen LogP contribution in [0, 0.1) is 11.8 Å². The number of fused-ring (bicyclic) bond motifs is 6. The number of nitrogens with zero attached hydrogens (tertiary/aromatic N) is 4. The lowest BCUT2D eigenvalue weighted by molar-refractivity contribution is 0.107. The van der Waals surface area contributed by atoms with Gasteiger partial charge in [0.1, 0.15) is 5.84 Å². The molecule has 192 valence electrons. The summed E-state index contributed by atoms with van der Waals surface area (Å²) in [6, 6.07) is 7.88. The second kappa shape index (κ2) is 8.91. The van der Waals surface area contributed by atoms with Crippen LogP contribution in [0.25, 0.3) is 0 Å². The normalized spacial score (nSPS) is 31.5. The summed E-state index contributed by atoms with van der Waals surface area (Å²) in [7, 11) is -1.28. The van der Waals surface area contributed by atoms with Gasteiger partial charge in [0.15, 0.2) is 22.7 Å². The molecule has 5 aliphatic rings. The molecule has 2 aliphatic heterocycles. The zero-order chi connectivity index (χ0) is 24.4. The van der Waals surface area contributed by atoms with Gasteiger partial charge in [-0.15, -0.1) is 0 Å². The Labute approximate surface area is 215 Å². The van der Waals surface area contributed by atoms with E-state index in [1.165, 1.54) is 25.7 Å². The third kappa shape index (κ3) is 3.63. The summed E-state index contributed by atoms with van der Waals surface area (Å²) in [5.41, 5.74) is 3.14. The van der Waals surface area contributed by atoms with Crippen LogP contribution < -0.4 is 0 Å². The van der Waals surface area contributed by atoms with Crippen molar-refractivity contribution in [2.24, 2.45) is 16.2 Å². The molecule has 0 amide bonds. The van der Waals surface area contributed by atoms with Crippen molar-refractivity contribution in [1.29, 1.82) is 0 Å². The first-order chi connectivity index (χ1) is 17.6. The molecule has 3 heterocycles. The van der Waals surface area contributed by atoms with Crippen LogP contribution in [-0.2, 0) is 17.5 Å². The quantitative estimate of drug-likeness (QED) is 0.648. The molecule has 3 fully saturated rings. The molecule has 7 nitrogen and oxygen atoms in total. The molecule has 3 unspecified atom stereocenters. The number of rotatable bonds is 4. The van der Waals surface area contributed by atoms with Crippen LogP contribution in [0.1, 0.15) is 73.5 Å². The highest BCUT2D eigenvalue weighted by molar-refractivity contribution is 7.84. The summed E-state index contributed by atoms with van der Waals surface area (Å²) in [5, 5.41) is 22.1. The Morgan fingerprint density at radius 3 is 2.19 bits per heavy atom. The molecule has 1 saturated heterocycles. The summed E-state index contributed by atoms with van der Waals surface area (Å²) >= 11 is 0. The summed E-state index contributed by atoms with van der Waals surface area (Å²) in [5.74, 6) is 3.54. The van der Waals surface area contributed by atoms with Crippen molar-refractivity contribution in [3.05, 3.63) is 41.0 Å². The van der Waals surface area contributed by atoms with Gasteiger partial charge >= 0.3 is 0 Å². The van der Waals surface area contributed by atoms with Gasteiger partial charge in [-0.25, -0.2) is 4.21 Å². The molecule has 1 aromatic heterocycles. The van der Waals surface area contributed by atoms with Crippen LogP contribution in [-0.4, -0.2) is 67.3 Å². The van der Waals surface area contributed by atoms with E-state index in [-0.39, 0.29) is 0 Å². The highest BCUT2D eigenvalue weighted by Crippen LogP contribution is 2.60. The van der Waals surface area contributed by atoms with Crippen LogP contribution in [0.5, 0.6) is 11.8 Å². The maximum atomic E-state index is 12.4. The average molecular weight is 509 g/mol. The molecule has 7 rings (SSSR count). The van der Waals surface area contributed by atoms with Gasteiger partial charge in [-0.05, 0) is 67.9 Å². The number of aromatic nitrogens is 1. The van der Waals surface area contributed by atoms with Crippen LogP contribution in [0.15, 0.2) is 33.6 Å². The van der Waals surface area contributed by atoms with Crippen LogP contribution in [0.3, 0.4) is 0 Å². The highest BCUT2D eigenvalue weighted by atomic mass is 32.2. The minimum absolute atomic E-state index is 0.350. The van der Waals surface area contributed by atoms with E-state index in [2.05, 4.69) is 14.2 Å². The molecule has 2 bridgehead atoms. The molecular formula is C28H36N4O3S. The molecule has 36 heavy (non-hydrogen) atoms. The van der Waals surface area contributed by atoms with E-state index in [0.717, 1.165) is 86.0 Å². The number of aromatic hydroxyl groups is 2. The Kier molecular flexibility index (Phi) is 5.65. The molecule has 3 aliphatic carbocycles. The first-order valence-corrected chi connectivity index (χ1v) is 14.9. The molecule has 2 saturated carbocycles. The smallest absolute Gasteiger partial charge is 0.197 e. The standard InChI is InChI=1S/C28H36N4O3S/c33-27-24-18-9-10-19(15-18)25(24)28(34)32(27)17-21-6-2-1-5-20(21)16-30-11-13-31(14-12-30)26-22-7-3-4-8-23(22)36(35)29-26/h3-4,7-8,18-21,33-34H,1-2,5-6,9-17H2/t18-,19+,20?,21?,36?. The lowest BCUT2D eigenvalue weighted by Gasteiger charge is -2.40. The third-order valence-electron chi connectivity index (χ3n) is 9.67. The maximum Gasteiger partial charge on any atom is 0.197 e. The molecule has 0 radical (unpaired) electrons. The minimum atomic E-state index is -1.28. The number of amidine groups is 1. The van der Waals surface area contributed by atoms with Crippen LogP contribution in [0.2, 0.25) is 0 Å². The van der Waals surface area contributed by atoms with E-state index >= 15 is 0 Å². The Morgan fingerprint density at radius 1 is 0.861 bits per heavy atom. The number of hydrogen-bond acceptors (Lipinski definition) is 5. The second-order valence-electron chi connectivity index (χ2n) is 11.5. The Bertz CT molecular complexity index is 1200. The fourth-order valence-electron chi connectivity index (χ4n) is 7.80. The predicted molar refractivity (Wildman–Crippen MR) is 140 cm³/mol. The molecular weight excluding hydrogens is 472 g/mol. The zero-order valence-electron chi connectivity index (χ0n) is 20.8. The fraction of sp³-hybridized carbons (Fsp3) is 0.607. The van der Waals surface area contributed by atoms with Crippen molar-refractivity contribution >= 4 is 16.8 Å². The molecule has 0 spiro atoms. The van der Waals surface area contributed by atoms with Gasteiger partial charge in [-0.1, -0.05) is 25.0 Å². The largest absolute Gasteiger partial charge is 0.494 e. The van der Waals surface area contributed by atoms with Crippen molar-refractivity contribution in [1.82, 2.24) is 14.4 Å². The average Bonchev–Trinajstić information content (AvgIpc) is 3.66. The summed E-state index contributed by atoms with van der Waals surface area (Å²) < 4.78 is 18.7. The fourth-order valence-corrected chi connectivity index (χ4v) is 8.81. The van der Waals surface area contributed by atoms with Gasteiger partial charge in [-0.2, -0.15) is 4.40 Å². The van der Waals surface area contributed by atoms with E-state index in [0.29, 0.717) is 35.4 Å². The van der Waals surface area contributed by atoms with Crippen molar-refractivity contribution < 1.29 is 14.4 Å². The minimum Gasteiger partial charge on any atom is -0.494 e. The van der Waals surface area contributed by atoms with Crippen molar-refractivity contribution in [3.63, 3.8) is 0 Å². The third-order valence-corrected chi connectivity index (χ3v) is 10.7. The Morgan fingerprint density at radius 2 is 1.50 bits per heavy atom. The van der Waals surface area contributed by atoms with Crippen molar-refractivity contribution in [3.8, 4) is 11.8 Å². The van der Waals surface area contributed by atoms with Gasteiger partial charge < -0.3 is 15.1 Å². The number of benzene rings is 1. The molecule has 2 N–H and O–H groups in total. The van der Waals surface area contributed by atoms with E-state index in [9.17, 15) is 14.4 Å². The molecule has 2 aromatic rings. The highest BCUT2D eigenvalue weighted by Gasteiger charge is 2.44. The van der Waals surface area contributed by atoms with Crippen molar-refractivity contribution in [2.45, 2.75) is 68.2 Å². The summed E-state index contributed by atoms with van der Waals surface area (Å²) in [6.45, 7) is 5.56. The monoisotopic (exact) mass is 508 g/mol. The number of hydrogen-bond donors (Lipinski definition) is 2. The van der Waals surface area contributed by atoms with Crippen LogP contribution in [0.4, 0.5) is 0 Å². The van der Waals surface area contributed by atoms with E-state index in [1.807, 2.05) is 28.8 Å². The van der Waals surface area contributed by atoms with Gasteiger partial charge in [-0.3, -0.25) is 9.47 Å². The molecule has 5 atom stereocenters. The zero-order valence-corrected chi connectivity index (χ0v) is 21.6. The van der Waals surface area contributed by atoms with Crippen LogP contribution >= 0.6 is 0 Å². The number of piperazine rings is 1.